The number of pyridine rings is 1. The quantitative estimate of drug-likeness (QED) is 0.834. The molecule has 0 saturated carbocycles. The third-order valence-electron chi connectivity index (χ3n) is 2.12. The van der Waals surface area contributed by atoms with E-state index in [1.165, 1.54) is 30.9 Å². The van der Waals surface area contributed by atoms with Crippen molar-refractivity contribution in [1.29, 1.82) is 5.26 Å². The first-order chi connectivity index (χ1) is 8.64. The van der Waals surface area contributed by atoms with Gasteiger partial charge in [0.05, 0.1) is 18.2 Å². The average Bonchev–Trinajstić information content (AvgIpc) is 2.89. The number of nitrogens with zero attached hydrogens (tertiary/aromatic N) is 3. The largest absolute Gasteiger partial charge is 0.345 e. The molecular formula is C11H8N4O2S. The van der Waals surface area contributed by atoms with Crippen molar-refractivity contribution >= 4 is 15.9 Å². The molecule has 1 N–H and O–H groups in total. The molecule has 2 aromatic rings. The van der Waals surface area contributed by atoms with Crippen LogP contribution in [0, 0.1) is 11.3 Å². The van der Waals surface area contributed by atoms with E-state index >= 15 is 0 Å². The van der Waals surface area contributed by atoms with E-state index in [0.717, 1.165) is 0 Å². The van der Waals surface area contributed by atoms with Crippen LogP contribution in [0.3, 0.4) is 0 Å². The fourth-order valence-corrected chi connectivity index (χ4v) is 2.36. The summed E-state index contributed by atoms with van der Waals surface area (Å²) >= 11 is 0. The van der Waals surface area contributed by atoms with Gasteiger partial charge in [0, 0.05) is 6.20 Å². The second-order valence-electron chi connectivity index (χ2n) is 3.30. The SMILES string of the molecule is N#C/C(=C\c1cnc[nH]1)S(=O)(=O)c1ccccn1. The fourth-order valence-electron chi connectivity index (χ4n) is 1.28. The second-order valence-corrected chi connectivity index (χ2v) is 5.16. The fraction of sp³-hybridized carbons (Fsp3) is 0. The summed E-state index contributed by atoms with van der Waals surface area (Å²) in [6, 6.07) is 6.15. The monoisotopic (exact) mass is 260 g/mol. The van der Waals surface area contributed by atoms with E-state index in [1.54, 1.807) is 18.2 Å². The molecule has 0 aliphatic carbocycles. The Labute approximate surface area is 104 Å². The van der Waals surface area contributed by atoms with Crippen molar-refractivity contribution in [2.45, 2.75) is 5.03 Å². The Bertz CT molecular complexity index is 697. The lowest BCUT2D eigenvalue weighted by molar-refractivity contribution is 0.600. The third kappa shape index (κ3) is 2.28. The maximum absolute atomic E-state index is 12.1. The summed E-state index contributed by atoms with van der Waals surface area (Å²) < 4.78 is 24.2. The number of hydrogen-bond acceptors (Lipinski definition) is 5. The number of H-pyrrole nitrogens is 1. The van der Waals surface area contributed by atoms with Gasteiger partial charge < -0.3 is 4.98 Å². The van der Waals surface area contributed by atoms with Crippen LogP contribution in [-0.4, -0.2) is 23.4 Å². The predicted molar refractivity (Wildman–Crippen MR) is 63.6 cm³/mol. The molecule has 0 aliphatic rings. The summed E-state index contributed by atoms with van der Waals surface area (Å²) in [5, 5.41) is 8.81. The van der Waals surface area contributed by atoms with Crippen LogP contribution in [0.15, 0.2) is 46.9 Å². The summed E-state index contributed by atoms with van der Waals surface area (Å²) in [4.78, 5) is 9.81. The van der Waals surface area contributed by atoms with Crippen LogP contribution in [0.5, 0.6) is 0 Å². The number of aromatic amines is 1. The molecule has 0 aromatic carbocycles. The lowest BCUT2D eigenvalue weighted by Gasteiger charge is -2.00. The minimum absolute atomic E-state index is 0.155. The third-order valence-corrected chi connectivity index (χ3v) is 3.70. The minimum Gasteiger partial charge on any atom is -0.345 e. The summed E-state index contributed by atoms with van der Waals surface area (Å²) in [5.41, 5.74) is 0.436. The smallest absolute Gasteiger partial charge is 0.233 e. The van der Waals surface area contributed by atoms with E-state index in [-0.39, 0.29) is 9.93 Å². The van der Waals surface area contributed by atoms with Crippen LogP contribution in [0.4, 0.5) is 0 Å². The first-order valence-corrected chi connectivity index (χ1v) is 6.39. The van der Waals surface area contributed by atoms with Gasteiger partial charge in [-0.25, -0.2) is 18.4 Å². The number of allylic oxidation sites excluding steroid dienone is 1. The Balaban J connectivity index is 2.50. The molecule has 7 heteroatoms. The van der Waals surface area contributed by atoms with Crippen molar-refractivity contribution in [3.8, 4) is 6.07 Å². The Morgan fingerprint density at radius 3 is 2.83 bits per heavy atom. The van der Waals surface area contributed by atoms with Gasteiger partial charge in [-0.2, -0.15) is 5.26 Å². The van der Waals surface area contributed by atoms with Crippen molar-refractivity contribution in [2.24, 2.45) is 0 Å². The topological polar surface area (TPSA) is 99.5 Å². The van der Waals surface area contributed by atoms with Crippen LogP contribution in [0.25, 0.3) is 6.08 Å². The molecule has 0 bridgehead atoms. The van der Waals surface area contributed by atoms with Gasteiger partial charge >= 0.3 is 0 Å². The van der Waals surface area contributed by atoms with E-state index in [0.29, 0.717) is 5.69 Å². The number of imidazole rings is 1. The van der Waals surface area contributed by atoms with Crippen LogP contribution < -0.4 is 0 Å². The molecule has 18 heavy (non-hydrogen) atoms. The second kappa shape index (κ2) is 4.81. The minimum atomic E-state index is -3.89. The van der Waals surface area contributed by atoms with Gasteiger partial charge in [0.25, 0.3) is 0 Å². The van der Waals surface area contributed by atoms with Gasteiger partial charge in [-0.1, -0.05) is 6.07 Å². The van der Waals surface area contributed by atoms with E-state index in [4.69, 9.17) is 5.26 Å². The van der Waals surface area contributed by atoms with Crippen LogP contribution in [0.2, 0.25) is 0 Å². The number of rotatable bonds is 3. The van der Waals surface area contributed by atoms with Gasteiger partial charge in [-0.05, 0) is 18.2 Å². The Morgan fingerprint density at radius 1 is 1.44 bits per heavy atom. The molecule has 0 amide bonds. The molecule has 2 aromatic heterocycles. The van der Waals surface area contributed by atoms with Crippen molar-refractivity contribution in [1.82, 2.24) is 15.0 Å². The first-order valence-electron chi connectivity index (χ1n) is 4.91. The molecule has 0 fully saturated rings. The van der Waals surface area contributed by atoms with E-state index < -0.39 is 9.84 Å². The number of nitrogens with one attached hydrogen (secondary N) is 1. The zero-order chi connectivity index (χ0) is 13.0. The molecule has 0 radical (unpaired) electrons. The van der Waals surface area contributed by atoms with Crippen molar-refractivity contribution in [3.63, 3.8) is 0 Å². The normalized spacial score (nSPS) is 12.1. The highest BCUT2D eigenvalue weighted by atomic mass is 32.2. The highest BCUT2D eigenvalue weighted by Gasteiger charge is 2.21. The Kier molecular flexibility index (Phi) is 3.21. The lowest BCUT2D eigenvalue weighted by Crippen LogP contribution is -2.05. The van der Waals surface area contributed by atoms with Crippen molar-refractivity contribution in [2.75, 3.05) is 0 Å². The Morgan fingerprint density at radius 2 is 2.28 bits per heavy atom. The van der Waals surface area contributed by atoms with Gasteiger partial charge in [-0.3, -0.25) is 0 Å². The number of hydrogen-bond donors (Lipinski definition) is 1. The summed E-state index contributed by atoms with van der Waals surface area (Å²) in [6.45, 7) is 0. The number of sulfone groups is 1. The molecular weight excluding hydrogens is 252 g/mol. The molecule has 6 nitrogen and oxygen atoms in total. The standard InChI is InChI=1S/C11H8N4O2S/c12-6-10(5-9-7-13-8-15-9)18(16,17)11-3-1-2-4-14-11/h1-5,7-8H,(H,13,15)/b10-5+. The van der Waals surface area contributed by atoms with Crippen molar-refractivity contribution < 1.29 is 8.42 Å². The molecule has 0 spiro atoms. The van der Waals surface area contributed by atoms with E-state index in [1.807, 2.05) is 0 Å². The molecule has 90 valence electrons. The van der Waals surface area contributed by atoms with Gasteiger partial charge in [0.15, 0.2) is 9.93 Å². The van der Waals surface area contributed by atoms with Crippen LogP contribution in [-0.2, 0) is 9.84 Å². The first kappa shape index (κ1) is 12.0. The molecule has 0 unspecified atom stereocenters. The van der Waals surface area contributed by atoms with E-state index in [9.17, 15) is 8.42 Å². The Hall–Kier alpha value is -2.46. The van der Waals surface area contributed by atoms with Gasteiger partial charge in [-0.15, -0.1) is 0 Å². The molecule has 2 rings (SSSR count). The summed E-state index contributed by atoms with van der Waals surface area (Å²) in [6.07, 6.45) is 5.40. The van der Waals surface area contributed by atoms with Gasteiger partial charge in [0.2, 0.25) is 9.84 Å². The summed E-state index contributed by atoms with van der Waals surface area (Å²) in [5.74, 6) is 0. The zero-order valence-electron chi connectivity index (χ0n) is 9.11. The van der Waals surface area contributed by atoms with Crippen LogP contribution >= 0.6 is 0 Å². The van der Waals surface area contributed by atoms with E-state index in [2.05, 4.69) is 15.0 Å². The number of nitriles is 1. The van der Waals surface area contributed by atoms with Gasteiger partial charge in [0.1, 0.15) is 6.07 Å². The molecule has 0 atom stereocenters. The average molecular weight is 260 g/mol. The van der Waals surface area contributed by atoms with Crippen molar-refractivity contribution in [3.05, 3.63) is 47.5 Å². The number of aromatic nitrogens is 3. The summed E-state index contributed by atoms with van der Waals surface area (Å²) in [7, 11) is -3.89. The van der Waals surface area contributed by atoms with Crippen LogP contribution in [0.1, 0.15) is 5.69 Å². The maximum atomic E-state index is 12.1. The highest BCUT2D eigenvalue weighted by Crippen LogP contribution is 2.18. The lowest BCUT2D eigenvalue weighted by atomic mass is 10.4. The predicted octanol–water partition coefficient (Wildman–Crippen LogP) is 1.14. The molecule has 0 aliphatic heterocycles. The zero-order valence-corrected chi connectivity index (χ0v) is 9.92. The maximum Gasteiger partial charge on any atom is 0.233 e. The molecule has 0 saturated heterocycles. The highest BCUT2D eigenvalue weighted by molar-refractivity contribution is 7.95. The molecule has 2 heterocycles.